The van der Waals surface area contributed by atoms with E-state index in [-0.39, 0.29) is 0 Å². The lowest BCUT2D eigenvalue weighted by molar-refractivity contribution is 1.25. The van der Waals surface area contributed by atoms with Gasteiger partial charge in [0.2, 0.25) is 0 Å². The van der Waals surface area contributed by atoms with Crippen LogP contribution in [-0.2, 0) is 0 Å². The third-order valence-corrected chi connectivity index (χ3v) is 12.1. The van der Waals surface area contributed by atoms with Gasteiger partial charge in [-0.15, -0.1) is 22.7 Å². The van der Waals surface area contributed by atoms with Crippen molar-refractivity contribution in [2.75, 3.05) is 0 Å². The quantitative estimate of drug-likeness (QED) is 0.173. The molecule has 4 heteroatoms. The number of fused-ring (bicyclic) bond motifs is 13. The van der Waals surface area contributed by atoms with Crippen LogP contribution in [0.25, 0.3) is 101 Å². The van der Waals surface area contributed by atoms with E-state index in [0.717, 1.165) is 22.4 Å². The lowest BCUT2D eigenvalue weighted by Gasteiger charge is -2.10. The van der Waals surface area contributed by atoms with Gasteiger partial charge in [-0.25, -0.2) is 4.98 Å². The average Bonchev–Trinajstić information content (AvgIpc) is 3.82. The first-order valence-electron chi connectivity index (χ1n) is 15.9. The molecule has 0 spiro atoms. The molecule has 0 N–H and O–H groups in total. The van der Waals surface area contributed by atoms with Crippen LogP contribution in [0, 0.1) is 0 Å². The minimum atomic E-state index is 1.02. The summed E-state index contributed by atoms with van der Waals surface area (Å²) in [4.78, 5) is 5.45. The van der Waals surface area contributed by atoms with Crippen LogP contribution in [0.2, 0.25) is 0 Å². The third kappa shape index (κ3) is 3.68. The number of nitrogens with zero attached hydrogens (tertiary/aromatic N) is 2. The van der Waals surface area contributed by atoms with E-state index in [0.29, 0.717) is 0 Å². The Morgan fingerprint density at radius 3 is 1.91 bits per heavy atom. The van der Waals surface area contributed by atoms with Gasteiger partial charge < -0.3 is 0 Å². The first kappa shape index (κ1) is 25.6. The molecule has 7 aromatic carbocycles. The van der Waals surface area contributed by atoms with Crippen molar-refractivity contribution in [2.45, 2.75) is 0 Å². The number of hydrogen-bond donors (Lipinski definition) is 0. The maximum atomic E-state index is 5.45. The summed E-state index contributed by atoms with van der Waals surface area (Å²) in [6.07, 6.45) is 0. The minimum absolute atomic E-state index is 1.02. The standard InChI is InChI=1S/C43H24N2S2/c1-2-8-28-22-33-30(21-27(28)7-1)17-19-36-41(33)44-43-42-35(32-10-4-6-12-39(32)47-42)24-37(45(36)43)26-15-13-25(14-16-26)29-18-20-40-34(23-29)31-9-3-5-11-38(31)46-40/h1-24H. The number of hydrogen-bond acceptors (Lipinski definition) is 3. The van der Waals surface area contributed by atoms with Crippen molar-refractivity contribution in [3.63, 3.8) is 0 Å². The molecule has 4 aromatic heterocycles. The molecular formula is C43H24N2S2. The Labute approximate surface area is 277 Å². The van der Waals surface area contributed by atoms with Gasteiger partial charge in [0.05, 0.1) is 21.4 Å². The van der Waals surface area contributed by atoms with Crippen molar-refractivity contribution in [1.82, 2.24) is 9.38 Å². The zero-order valence-corrected chi connectivity index (χ0v) is 26.7. The molecule has 0 unspecified atom stereocenters. The Bertz CT molecular complexity index is 3070. The summed E-state index contributed by atoms with van der Waals surface area (Å²) in [5, 5.41) is 10.1. The molecule has 0 aliphatic heterocycles. The minimum Gasteiger partial charge on any atom is -0.291 e. The van der Waals surface area contributed by atoms with Crippen LogP contribution in [0.3, 0.4) is 0 Å². The van der Waals surface area contributed by atoms with Crippen LogP contribution in [0.15, 0.2) is 146 Å². The van der Waals surface area contributed by atoms with Gasteiger partial charge in [0.25, 0.3) is 0 Å². The van der Waals surface area contributed by atoms with Gasteiger partial charge in [0.1, 0.15) is 0 Å². The number of pyridine rings is 1. The van der Waals surface area contributed by atoms with Crippen molar-refractivity contribution in [1.29, 1.82) is 0 Å². The predicted octanol–water partition coefficient (Wildman–Crippen LogP) is 12.9. The Morgan fingerprint density at radius 2 is 1.09 bits per heavy atom. The van der Waals surface area contributed by atoms with Crippen molar-refractivity contribution >= 4 is 101 Å². The van der Waals surface area contributed by atoms with Gasteiger partial charge >= 0.3 is 0 Å². The van der Waals surface area contributed by atoms with E-state index in [1.165, 1.54) is 78.6 Å². The number of thiophene rings is 2. The van der Waals surface area contributed by atoms with E-state index < -0.39 is 0 Å². The SMILES string of the molecule is c1ccc2cc3c(ccc4c3nc3c5sc6ccccc6c5cc(-c5ccc(-c6ccc7sc8ccccc8c7c6)cc5)n43)cc2c1. The number of rotatable bonds is 2. The summed E-state index contributed by atoms with van der Waals surface area (Å²) in [7, 11) is 0. The zero-order chi connectivity index (χ0) is 30.6. The second kappa shape index (κ2) is 9.49. The Balaban J connectivity index is 1.16. The molecule has 0 radical (unpaired) electrons. The normalized spacial score (nSPS) is 12.3. The Kier molecular flexibility index (Phi) is 5.17. The summed E-state index contributed by atoms with van der Waals surface area (Å²) in [6, 6.07) is 53.5. The number of aromatic nitrogens is 2. The maximum Gasteiger partial charge on any atom is 0.156 e. The van der Waals surface area contributed by atoms with Crippen LogP contribution >= 0.6 is 22.7 Å². The van der Waals surface area contributed by atoms with Crippen LogP contribution in [-0.4, -0.2) is 9.38 Å². The fourth-order valence-corrected chi connectivity index (χ4v) is 9.73. The van der Waals surface area contributed by atoms with Gasteiger partial charge in [-0.2, -0.15) is 0 Å². The molecule has 11 rings (SSSR count). The maximum absolute atomic E-state index is 5.45. The van der Waals surface area contributed by atoms with Gasteiger partial charge in [0, 0.05) is 41.0 Å². The molecule has 218 valence electrons. The highest BCUT2D eigenvalue weighted by Gasteiger charge is 2.19. The highest BCUT2D eigenvalue weighted by Crippen LogP contribution is 2.42. The fraction of sp³-hybridized carbons (Fsp3) is 0. The molecule has 0 bridgehead atoms. The lowest BCUT2D eigenvalue weighted by Crippen LogP contribution is -1.93. The Morgan fingerprint density at radius 1 is 0.426 bits per heavy atom. The predicted molar refractivity (Wildman–Crippen MR) is 204 cm³/mol. The molecular weight excluding hydrogens is 609 g/mol. The average molecular weight is 633 g/mol. The molecule has 0 saturated heterocycles. The van der Waals surface area contributed by atoms with Crippen LogP contribution in [0.5, 0.6) is 0 Å². The molecule has 0 aliphatic rings. The van der Waals surface area contributed by atoms with E-state index in [1.807, 2.05) is 22.7 Å². The molecule has 0 aliphatic carbocycles. The van der Waals surface area contributed by atoms with Gasteiger partial charge in [-0.1, -0.05) is 97.1 Å². The summed E-state index contributed by atoms with van der Waals surface area (Å²) < 4.78 is 7.58. The second-order valence-electron chi connectivity index (χ2n) is 12.4. The summed E-state index contributed by atoms with van der Waals surface area (Å²) in [6.45, 7) is 0. The molecule has 0 saturated carbocycles. The second-order valence-corrected chi connectivity index (χ2v) is 14.5. The van der Waals surface area contributed by atoms with Crippen molar-refractivity contribution in [3.8, 4) is 22.4 Å². The summed E-state index contributed by atoms with van der Waals surface area (Å²) >= 11 is 3.70. The molecule has 0 atom stereocenters. The summed E-state index contributed by atoms with van der Waals surface area (Å²) in [5.74, 6) is 0. The lowest BCUT2D eigenvalue weighted by atomic mass is 10.00. The highest BCUT2D eigenvalue weighted by molar-refractivity contribution is 7.26. The number of benzene rings is 7. The molecule has 0 fully saturated rings. The number of imidazole rings is 1. The zero-order valence-electron chi connectivity index (χ0n) is 25.1. The van der Waals surface area contributed by atoms with Crippen LogP contribution in [0.1, 0.15) is 0 Å². The van der Waals surface area contributed by atoms with E-state index in [9.17, 15) is 0 Å². The first-order chi connectivity index (χ1) is 23.3. The third-order valence-electron chi connectivity index (χ3n) is 9.76. The molecule has 2 nitrogen and oxygen atoms in total. The monoisotopic (exact) mass is 632 g/mol. The van der Waals surface area contributed by atoms with Crippen molar-refractivity contribution < 1.29 is 0 Å². The van der Waals surface area contributed by atoms with E-state index in [2.05, 4.69) is 150 Å². The van der Waals surface area contributed by atoms with Crippen LogP contribution in [0.4, 0.5) is 0 Å². The topological polar surface area (TPSA) is 17.3 Å². The Hall–Kier alpha value is -5.55. The van der Waals surface area contributed by atoms with Crippen molar-refractivity contribution in [2.24, 2.45) is 0 Å². The molecule has 0 amide bonds. The van der Waals surface area contributed by atoms with Crippen LogP contribution < -0.4 is 0 Å². The van der Waals surface area contributed by atoms with Gasteiger partial charge in [-0.3, -0.25) is 4.40 Å². The largest absolute Gasteiger partial charge is 0.291 e. The van der Waals surface area contributed by atoms with E-state index >= 15 is 0 Å². The highest BCUT2D eigenvalue weighted by atomic mass is 32.1. The van der Waals surface area contributed by atoms with E-state index in [4.69, 9.17) is 4.98 Å². The molecule has 11 aromatic rings. The first-order valence-corrected chi connectivity index (χ1v) is 17.5. The molecule has 4 heterocycles. The van der Waals surface area contributed by atoms with Crippen molar-refractivity contribution in [3.05, 3.63) is 146 Å². The van der Waals surface area contributed by atoms with E-state index in [1.54, 1.807) is 0 Å². The molecule has 47 heavy (non-hydrogen) atoms. The van der Waals surface area contributed by atoms with Gasteiger partial charge in [0.15, 0.2) is 5.65 Å². The fourth-order valence-electron chi connectivity index (χ4n) is 7.48. The van der Waals surface area contributed by atoms with Gasteiger partial charge in [-0.05, 0) is 81.4 Å². The summed E-state index contributed by atoms with van der Waals surface area (Å²) in [5.41, 5.74) is 8.00. The smallest absolute Gasteiger partial charge is 0.156 e.